The Morgan fingerprint density at radius 2 is 1.71 bits per heavy atom. The van der Waals surface area contributed by atoms with E-state index in [1.165, 1.54) is 11.0 Å². The number of hydrogen-bond donors (Lipinski definition) is 1. The Labute approximate surface area is 143 Å². The number of rotatable bonds is 6. The molecule has 0 bridgehead atoms. The van der Waals surface area contributed by atoms with E-state index in [0.29, 0.717) is 0 Å². The summed E-state index contributed by atoms with van der Waals surface area (Å²) in [7, 11) is -3.42. The van der Waals surface area contributed by atoms with Gasteiger partial charge in [0.2, 0.25) is 10.0 Å². The van der Waals surface area contributed by atoms with Crippen LogP contribution in [0.15, 0.2) is 66.1 Å². The molecule has 2 aromatic rings. The molecule has 126 valence electrons. The summed E-state index contributed by atoms with van der Waals surface area (Å²) >= 11 is 0. The average Bonchev–Trinajstić information content (AvgIpc) is 3.01. The van der Waals surface area contributed by atoms with Crippen molar-refractivity contribution in [3.8, 4) is 0 Å². The average molecular weight is 342 g/mol. The summed E-state index contributed by atoms with van der Waals surface area (Å²) in [5, 5.41) is 1.25. The van der Waals surface area contributed by atoms with Crippen LogP contribution in [0.4, 0.5) is 0 Å². The van der Waals surface area contributed by atoms with Gasteiger partial charge in [-0.25, -0.2) is 13.1 Å². The Balaban J connectivity index is 1.53. The largest absolute Gasteiger partial charge is 0.297 e. The summed E-state index contributed by atoms with van der Waals surface area (Å²) in [6, 6.07) is 19.7. The summed E-state index contributed by atoms with van der Waals surface area (Å²) in [4.78, 5) is 2.28. The molecule has 1 aliphatic heterocycles. The fourth-order valence-electron chi connectivity index (χ4n) is 2.92. The predicted molar refractivity (Wildman–Crippen MR) is 97.7 cm³/mol. The summed E-state index contributed by atoms with van der Waals surface area (Å²) in [6.07, 6.45) is 2.46. The number of nitrogens with zero attached hydrogens (tertiary/aromatic N) is 1. The zero-order valence-corrected chi connectivity index (χ0v) is 14.3. The van der Waals surface area contributed by atoms with Crippen LogP contribution in [0, 0.1) is 0 Å². The lowest BCUT2D eigenvalue weighted by Crippen LogP contribution is -2.35. The summed E-state index contributed by atoms with van der Waals surface area (Å²) in [5.41, 5.74) is 2.13. The van der Waals surface area contributed by atoms with Crippen LogP contribution in [-0.2, 0) is 16.6 Å². The van der Waals surface area contributed by atoms with E-state index < -0.39 is 10.0 Å². The normalized spacial score (nSPS) is 19.1. The highest BCUT2D eigenvalue weighted by atomic mass is 32.2. The van der Waals surface area contributed by atoms with Gasteiger partial charge in [-0.1, -0.05) is 60.7 Å². The second-order valence-electron chi connectivity index (χ2n) is 6.08. The molecule has 0 amide bonds. The first-order valence-electron chi connectivity index (χ1n) is 8.12. The number of benzene rings is 2. The first-order valence-corrected chi connectivity index (χ1v) is 9.67. The molecule has 0 aromatic heterocycles. The van der Waals surface area contributed by atoms with E-state index in [2.05, 4.69) is 21.8 Å². The van der Waals surface area contributed by atoms with Crippen molar-refractivity contribution >= 4 is 16.1 Å². The van der Waals surface area contributed by atoms with Crippen LogP contribution in [0.3, 0.4) is 0 Å². The third-order valence-corrected chi connectivity index (χ3v) is 5.25. The molecule has 1 atom stereocenters. The molecule has 0 aliphatic carbocycles. The molecular formula is C19H22N2O2S. The molecule has 1 N–H and O–H groups in total. The second kappa shape index (κ2) is 7.75. The molecule has 0 saturated carbocycles. The lowest BCUT2D eigenvalue weighted by molar-refractivity contribution is 0.325. The number of likely N-dealkylation sites (tertiary alicyclic amines) is 1. The summed E-state index contributed by atoms with van der Waals surface area (Å²) in [6.45, 7) is 2.51. The van der Waals surface area contributed by atoms with Crippen LogP contribution in [-0.4, -0.2) is 32.4 Å². The molecule has 1 fully saturated rings. The van der Waals surface area contributed by atoms with Crippen LogP contribution >= 0.6 is 0 Å². The van der Waals surface area contributed by atoms with Crippen molar-refractivity contribution in [3.63, 3.8) is 0 Å². The molecule has 1 saturated heterocycles. The van der Waals surface area contributed by atoms with Gasteiger partial charge in [0.25, 0.3) is 0 Å². The third kappa shape index (κ3) is 5.03. The van der Waals surface area contributed by atoms with E-state index in [4.69, 9.17) is 0 Å². The fraction of sp³-hybridized carbons (Fsp3) is 0.263. The maximum Gasteiger partial charge on any atom is 0.234 e. The molecule has 0 radical (unpaired) electrons. The van der Waals surface area contributed by atoms with E-state index in [1.54, 1.807) is 6.08 Å². The summed E-state index contributed by atoms with van der Waals surface area (Å²) in [5.74, 6) is 0. The lowest BCUT2D eigenvalue weighted by Gasteiger charge is -2.16. The minimum absolute atomic E-state index is 0.0286. The van der Waals surface area contributed by atoms with Gasteiger partial charge < -0.3 is 0 Å². The quantitative estimate of drug-likeness (QED) is 0.878. The van der Waals surface area contributed by atoms with Crippen LogP contribution < -0.4 is 4.72 Å². The SMILES string of the molecule is O=S(=O)(/C=C/c1ccccc1)NC1CCN(Cc2ccccc2)C1. The van der Waals surface area contributed by atoms with Gasteiger partial charge in [0.15, 0.2) is 0 Å². The standard InChI is InChI=1S/C19H22N2O2S/c22-24(23,14-12-17-7-3-1-4-8-17)20-19-11-13-21(16-19)15-18-9-5-2-6-10-18/h1-10,12,14,19-20H,11,13,15-16H2/b14-12+. The van der Waals surface area contributed by atoms with E-state index in [1.807, 2.05) is 48.5 Å². The number of hydrogen-bond acceptors (Lipinski definition) is 3. The molecule has 2 aromatic carbocycles. The molecule has 5 heteroatoms. The molecule has 0 spiro atoms. The monoisotopic (exact) mass is 342 g/mol. The highest BCUT2D eigenvalue weighted by Gasteiger charge is 2.25. The first-order chi connectivity index (χ1) is 11.6. The molecular weight excluding hydrogens is 320 g/mol. The first kappa shape index (κ1) is 16.9. The topological polar surface area (TPSA) is 49.4 Å². The smallest absolute Gasteiger partial charge is 0.234 e. The highest BCUT2D eigenvalue weighted by Crippen LogP contribution is 2.14. The van der Waals surface area contributed by atoms with Crippen LogP contribution in [0.25, 0.3) is 6.08 Å². The predicted octanol–water partition coefficient (Wildman–Crippen LogP) is 2.85. The Morgan fingerprint density at radius 1 is 1.04 bits per heavy atom. The van der Waals surface area contributed by atoms with Crippen LogP contribution in [0.5, 0.6) is 0 Å². The second-order valence-corrected chi connectivity index (χ2v) is 7.68. The fourth-order valence-corrected chi connectivity index (χ4v) is 3.99. The van der Waals surface area contributed by atoms with E-state index in [9.17, 15) is 8.42 Å². The zero-order chi connectivity index (χ0) is 16.8. The Morgan fingerprint density at radius 3 is 2.42 bits per heavy atom. The van der Waals surface area contributed by atoms with Gasteiger partial charge >= 0.3 is 0 Å². The minimum atomic E-state index is -3.42. The van der Waals surface area contributed by atoms with Crippen molar-refractivity contribution in [2.24, 2.45) is 0 Å². The van der Waals surface area contributed by atoms with Gasteiger partial charge in [-0.2, -0.15) is 0 Å². The maximum atomic E-state index is 12.2. The van der Waals surface area contributed by atoms with Gasteiger partial charge in [0.05, 0.1) is 0 Å². The van der Waals surface area contributed by atoms with E-state index in [0.717, 1.165) is 31.6 Å². The van der Waals surface area contributed by atoms with Crippen molar-refractivity contribution in [2.45, 2.75) is 19.0 Å². The molecule has 1 aliphatic rings. The van der Waals surface area contributed by atoms with E-state index >= 15 is 0 Å². The van der Waals surface area contributed by atoms with Gasteiger partial charge in [-0.05, 0) is 23.6 Å². The minimum Gasteiger partial charge on any atom is -0.297 e. The van der Waals surface area contributed by atoms with Crippen molar-refractivity contribution in [3.05, 3.63) is 77.2 Å². The van der Waals surface area contributed by atoms with Gasteiger partial charge in [-0.15, -0.1) is 0 Å². The van der Waals surface area contributed by atoms with Crippen LogP contribution in [0.2, 0.25) is 0 Å². The number of nitrogens with one attached hydrogen (secondary N) is 1. The molecule has 24 heavy (non-hydrogen) atoms. The molecule has 1 unspecified atom stereocenters. The molecule has 3 rings (SSSR count). The Kier molecular flexibility index (Phi) is 5.45. The van der Waals surface area contributed by atoms with Crippen molar-refractivity contribution in [1.82, 2.24) is 9.62 Å². The van der Waals surface area contributed by atoms with Crippen molar-refractivity contribution in [1.29, 1.82) is 0 Å². The van der Waals surface area contributed by atoms with E-state index in [-0.39, 0.29) is 6.04 Å². The Bertz CT molecular complexity index is 774. The highest BCUT2D eigenvalue weighted by molar-refractivity contribution is 7.92. The third-order valence-electron chi connectivity index (χ3n) is 4.09. The lowest BCUT2D eigenvalue weighted by atomic mass is 10.2. The van der Waals surface area contributed by atoms with Gasteiger partial charge in [0.1, 0.15) is 0 Å². The Hall–Kier alpha value is -1.95. The van der Waals surface area contributed by atoms with Gasteiger partial charge in [0, 0.05) is 31.1 Å². The molecule has 4 nitrogen and oxygen atoms in total. The summed E-state index contributed by atoms with van der Waals surface area (Å²) < 4.78 is 27.2. The van der Waals surface area contributed by atoms with Crippen LogP contribution in [0.1, 0.15) is 17.5 Å². The number of sulfonamides is 1. The van der Waals surface area contributed by atoms with Crippen molar-refractivity contribution < 1.29 is 8.42 Å². The maximum absolute atomic E-state index is 12.2. The zero-order valence-electron chi connectivity index (χ0n) is 13.5. The van der Waals surface area contributed by atoms with Gasteiger partial charge in [-0.3, -0.25) is 4.90 Å². The van der Waals surface area contributed by atoms with Crippen molar-refractivity contribution in [2.75, 3.05) is 13.1 Å². The molecule has 1 heterocycles.